The first kappa shape index (κ1) is 17.6. The van der Waals surface area contributed by atoms with Crippen LogP contribution in [0.4, 0.5) is 10.2 Å². The van der Waals surface area contributed by atoms with Crippen LogP contribution >= 0.6 is 0 Å². The van der Waals surface area contributed by atoms with Crippen LogP contribution in [0.2, 0.25) is 0 Å². The van der Waals surface area contributed by atoms with Gasteiger partial charge in [-0.15, -0.1) is 0 Å². The fraction of sp³-hybridized carbons (Fsp3) is 0.474. The molecule has 0 spiro atoms. The van der Waals surface area contributed by atoms with Crippen LogP contribution in [0.25, 0.3) is 0 Å². The van der Waals surface area contributed by atoms with Crippen molar-refractivity contribution in [3.63, 3.8) is 0 Å². The Morgan fingerprint density at radius 3 is 2.36 bits per heavy atom. The van der Waals surface area contributed by atoms with Gasteiger partial charge in [0.05, 0.1) is 12.3 Å². The molecule has 1 aromatic heterocycles. The standard InChI is InChI=1S/C19H25FN4O/c1-4-25-17-7-5-16(6-8-17)13-23-9-11-24(12-10-23)19-18(20)14(2)21-15(3)22-19/h5-8H,4,9-13H2,1-3H3. The normalized spacial score (nSPS) is 15.4. The Morgan fingerprint density at radius 2 is 1.72 bits per heavy atom. The van der Waals surface area contributed by atoms with Gasteiger partial charge in [0.15, 0.2) is 11.6 Å². The summed E-state index contributed by atoms with van der Waals surface area (Å²) in [5.41, 5.74) is 1.68. The summed E-state index contributed by atoms with van der Waals surface area (Å²) in [5, 5.41) is 0. The van der Waals surface area contributed by atoms with Gasteiger partial charge in [-0.25, -0.2) is 14.4 Å². The molecule has 1 aromatic carbocycles. The van der Waals surface area contributed by atoms with E-state index in [1.165, 1.54) is 5.56 Å². The molecule has 2 heterocycles. The third kappa shape index (κ3) is 4.25. The smallest absolute Gasteiger partial charge is 0.186 e. The second-order valence-corrected chi connectivity index (χ2v) is 6.33. The summed E-state index contributed by atoms with van der Waals surface area (Å²) in [6.07, 6.45) is 0. The number of aryl methyl sites for hydroxylation is 2. The first-order chi connectivity index (χ1) is 12.1. The van der Waals surface area contributed by atoms with Crippen LogP contribution in [0.15, 0.2) is 24.3 Å². The highest BCUT2D eigenvalue weighted by molar-refractivity contribution is 5.42. The highest BCUT2D eigenvalue weighted by Crippen LogP contribution is 2.21. The number of anilines is 1. The maximum Gasteiger partial charge on any atom is 0.186 e. The van der Waals surface area contributed by atoms with Gasteiger partial charge in [0.25, 0.3) is 0 Å². The van der Waals surface area contributed by atoms with E-state index in [0.29, 0.717) is 23.9 Å². The van der Waals surface area contributed by atoms with Crippen molar-refractivity contribution < 1.29 is 9.13 Å². The Hall–Kier alpha value is -2.21. The van der Waals surface area contributed by atoms with E-state index in [1.54, 1.807) is 13.8 Å². The molecule has 5 nitrogen and oxygen atoms in total. The Labute approximate surface area is 148 Å². The molecule has 0 N–H and O–H groups in total. The van der Waals surface area contributed by atoms with Crippen LogP contribution in [0, 0.1) is 19.7 Å². The summed E-state index contributed by atoms with van der Waals surface area (Å²) in [6.45, 7) is 10.4. The lowest BCUT2D eigenvalue weighted by Gasteiger charge is -2.35. The van der Waals surface area contributed by atoms with E-state index in [4.69, 9.17) is 4.74 Å². The molecule has 25 heavy (non-hydrogen) atoms. The van der Waals surface area contributed by atoms with Crippen LogP contribution in [0.1, 0.15) is 24.0 Å². The summed E-state index contributed by atoms with van der Waals surface area (Å²) < 4.78 is 19.8. The Kier molecular flexibility index (Phi) is 5.48. The van der Waals surface area contributed by atoms with E-state index in [1.807, 2.05) is 24.0 Å². The molecule has 0 atom stereocenters. The van der Waals surface area contributed by atoms with Crippen LogP contribution < -0.4 is 9.64 Å². The van der Waals surface area contributed by atoms with Crippen LogP contribution in [-0.4, -0.2) is 47.7 Å². The van der Waals surface area contributed by atoms with Crippen LogP contribution in [0.5, 0.6) is 5.75 Å². The monoisotopic (exact) mass is 344 g/mol. The molecule has 2 aromatic rings. The van der Waals surface area contributed by atoms with Crippen molar-refractivity contribution in [2.24, 2.45) is 0 Å². The lowest BCUT2D eigenvalue weighted by Crippen LogP contribution is -2.46. The summed E-state index contributed by atoms with van der Waals surface area (Å²) >= 11 is 0. The molecule has 0 saturated carbocycles. The number of halogens is 1. The molecule has 0 amide bonds. The molecule has 1 aliphatic rings. The summed E-state index contributed by atoms with van der Waals surface area (Å²) in [6, 6.07) is 8.23. The predicted molar refractivity (Wildman–Crippen MR) is 96.6 cm³/mol. The van der Waals surface area contributed by atoms with Gasteiger partial charge in [0, 0.05) is 32.7 Å². The summed E-state index contributed by atoms with van der Waals surface area (Å²) in [5.74, 6) is 1.66. The Morgan fingerprint density at radius 1 is 1.04 bits per heavy atom. The maximum atomic E-state index is 14.3. The van der Waals surface area contributed by atoms with Gasteiger partial charge in [-0.05, 0) is 38.5 Å². The Bertz CT molecular complexity index is 712. The zero-order valence-electron chi connectivity index (χ0n) is 15.1. The third-order valence-electron chi connectivity index (χ3n) is 4.42. The SMILES string of the molecule is CCOc1ccc(CN2CCN(c3nc(C)nc(C)c3F)CC2)cc1. The van der Waals surface area contributed by atoms with Crippen LogP contribution in [-0.2, 0) is 6.54 Å². The fourth-order valence-electron chi connectivity index (χ4n) is 3.12. The van der Waals surface area contributed by atoms with Gasteiger partial charge < -0.3 is 9.64 Å². The van der Waals surface area contributed by atoms with Crippen molar-refractivity contribution >= 4 is 5.82 Å². The molecule has 1 aliphatic heterocycles. The van der Waals surface area contributed by atoms with Gasteiger partial charge in [-0.2, -0.15) is 0 Å². The minimum atomic E-state index is -0.300. The van der Waals surface area contributed by atoms with Gasteiger partial charge >= 0.3 is 0 Å². The van der Waals surface area contributed by atoms with E-state index in [-0.39, 0.29) is 5.82 Å². The molecule has 0 bridgehead atoms. The van der Waals surface area contributed by atoms with Crippen molar-refractivity contribution in [2.75, 3.05) is 37.7 Å². The van der Waals surface area contributed by atoms with Gasteiger partial charge in [-0.1, -0.05) is 12.1 Å². The summed E-state index contributed by atoms with van der Waals surface area (Å²) in [7, 11) is 0. The van der Waals surface area contributed by atoms with E-state index < -0.39 is 0 Å². The molecule has 0 aliphatic carbocycles. The quantitative estimate of drug-likeness (QED) is 0.834. The molecule has 1 saturated heterocycles. The van der Waals surface area contributed by atoms with E-state index >= 15 is 0 Å². The number of hydrogen-bond donors (Lipinski definition) is 0. The van der Waals surface area contributed by atoms with Crippen LogP contribution in [0.3, 0.4) is 0 Å². The average Bonchev–Trinajstić information content (AvgIpc) is 2.61. The van der Waals surface area contributed by atoms with E-state index in [9.17, 15) is 4.39 Å². The molecule has 3 rings (SSSR count). The minimum Gasteiger partial charge on any atom is -0.494 e. The van der Waals surface area contributed by atoms with E-state index in [2.05, 4.69) is 27.0 Å². The molecule has 134 valence electrons. The largest absolute Gasteiger partial charge is 0.494 e. The number of benzene rings is 1. The van der Waals surface area contributed by atoms with Crippen molar-refractivity contribution in [1.82, 2.24) is 14.9 Å². The second kappa shape index (κ2) is 7.78. The van der Waals surface area contributed by atoms with Crippen molar-refractivity contribution in [1.29, 1.82) is 0 Å². The average molecular weight is 344 g/mol. The molecule has 1 fully saturated rings. The zero-order valence-corrected chi connectivity index (χ0v) is 15.1. The second-order valence-electron chi connectivity index (χ2n) is 6.33. The maximum absolute atomic E-state index is 14.3. The lowest BCUT2D eigenvalue weighted by atomic mass is 10.2. The molecular weight excluding hydrogens is 319 g/mol. The van der Waals surface area contributed by atoms with Crippen molar-refractivity contribution in [2.45, 2.75) is 27.3 Å². The third-order valence-corrected chi connectivity index (χ3v) is 4.42. The Balaban J connectivity index is 1.58. The molecule has 0 unspecified atom stereocenters. The first-order valence-electron chi connectivity index (χ1n) is 8.76. The van der Waals surface area contributed by atoms with Gasteiger partial charge in [0.2, 0.25) is 0 Å². The minimum absolute atomic E-state index is 0.300. The van der Waals surface area contributed by atoms with Gasteiger partial charge in [0.1, 0.15) is 11.6 Å². The number of nitrogens with zero attached hydrogens (tertiary/aromatic N) is 4. The molecular formula is C19H25FN4O. The number of piperazine rings is 1. The summed E-state index contributed by atoms with van der Waals surface area (Å²) in [4.78, 5) is 12.8. The fourth-order valence-corrected chi connectivity index (χ4v) is 3.12. The number of ether oxygens (including phenoxy) is 1. The molecule has 6 heteroatoms. The highest BCUT2D eigenvalue weighted by Gasteiger charge is 2.22. The zero-order chi connectivity index (χ0) is 17.8. The topological polar surface area (TPSA) is 41.5 Å². The van der Waals surface area contributed by atoms with E-state index in [0.717, 1.165) is 38.5 Å². The van der Waals surface area contributed by atoms with Crippen molar-refractivity contribution in [3.05, 3.63) is 47.2 Å². The number of aromatic nitrogens is 2. The predicted octanol–water partition coefficient (Wildman–Crippen LogP) is 2.95. The lowest BCUT2D eigenvalue weighted by molar-refractivity contribution is 0.248. The van der Waals surface area contributed by atoms with Gasteiger partial charge in [-0.3, -0.25) is 4.90 Å². The first-order valence-corrected chi connectivity index (χ1v) is 8.76. The molecule has 0 radical (unpaired) electrons. The number of hydrogen-bond acceptors (Lipinski definition) is 5. The van der Waals surface area contributed by atoms with Crippen molar-refractivity contribution in [3.8, 4) is 5.75 Å². The highest BCUT2D eigenvalue weighted by atomic mass is 19.1. The number of rotatable bonds is 5.